The lowest BCUT2D eigenvalue weighted by molar-refractivity contribution is 0.0945. The van der Waals surface area contributed by atoms with E-state index < -0.39 is 0 Å². The molecule has 0 aliphatic rings. The number of ether oxygens (including phenoxy) is 3. The van der Waals surface area contributed by atoms with E-state index in [0.29, 0.717) is 24.6 Å². The summed E-state index contributed by atoms with van der Waals surface area (Å²) >= 11 is 1.56. The predicted molar refractivity (Wildman–Crippen MR) is 170 cm³/mol. The Labute approximate surface area is 253 Å². The predicted octanol–water partition coefficient (Wildman–Crippen LogP) is 7.71. The number of carbonyl (C=O) groups excluding carboxylic acids is 1. The standard InChI is InChI=1S/C34H43N3O4S/c1-6-8-9-25(7-2)21-35-34(38)30-20-32(37(24(30)3)19-18-26-10-12-27(39-4)13-11-26)31-23-42-33(36-31)22-41-29-16-14-28(40-5)15-17-29/h10-17,20,23,25H,6-9,18-19,21-22H2,1-5H3,(H,35,38). The zero-order chi connectivity index (χ0) is 29.9. The third-order valence-corrected chi connectivity index (χ3v) is 8.55. The summed E-state index contributed by atoms with van der Waals surface area (Å²) in [7, 11) is 3.32. The van der Waals surface area contributed by atoms with Gasteiger partial charge < -0.3 is 24.1 Å². The number of nitrogens with zero attached hydrogens (tertiary/aromatic N) is 2. The van der Waals surface area contributed by atoms with Crippen molar-refractivity contribution >= 4 is 17.2 Å². The molecule has 0 saturated heterocycles. The topological polar surface area (TPSA) is 74.6 Å². The first-order chi connectivity index (χ1) is 20.4. The van der Waals surface area contributed by atoms with E-state index in [9.17, 15) is 4.79 Å². The van der Waals surface area contributed by atoms with Crippen LogP contribution in [0.1, 0.15) is 66.2 Å². The normalized spacial score (nSPS) is 11.7. The highest BCUT2D eigenvalue weighted by Gasteiger charge is 2.21. The quantitative estimate of drug-likeness (QED) is 0.145. The van der Waals surface area contributed by atoms with Crippen LogP contribution in [-0.2, 0) is 19.6 Å². The van der Waals surface area contributed by atoms with Gasteiger partial charge in [-0.25, -0.2) is 4.98 Å². The maximum atomic E-state index is 13.4. The third kappa shape index (κ3) is 8.16. The van der Waals surface area contributed by atoms with Crippen LogP contribution in [0.15, 0.2) is 60.0 Å². The molecule has 0 bridgehead atoms. The van der Waals surface area contributed by atoms with Gasteiger partial charge >= 0.3 is 0 Å². The lowest BCUT2D eigenvalue weighted by atomic mass is 9.99. The van der Waals surface area contributed by atoms with E-state index in [4.69, 9.17) is 19.2 Å². The number of hydrogen-bond acceptors (Lipinski definition) is 6. The highest BCUT2D eigenvalue weighted by Crippen LogP contribution is 2.29. The minimum Gasteiger partial charge on any atom is -0.497 e. The van der Waals surface area contributed by atoms with Crippen LogP contribution >= 0.6 is 11.3 Å². The van der Waals surface area contributed by atoms with Crippen molar-refractivity contribution in [3.05, 3.63) is 81.8 Å². The van der Waals surface area contributed by atoms with Crippen molar-refractivity contribution in [1.29, 1.82) is 0 Å². The zero-order valence-electron chi connectivity index (χ0n) is 25.4. The summed E-state index contributed by atoms with van der Waals surface area (Å²) in [5.41, 5.74) is 4.64. The fraction of sp³-hybridized carbons (Fsp3) is 0.412. The summed E-state index contributed by atoms with van der Waals surface area (Å²) in [6.45, 7) is 8.23. The van der Waals surface area contributed by atoms with E-state index in [-0.39, 0.29) is 5.91 Å². The number of aryl methyl sites for hydroxylation is 1. The third-order valence-electron chi connectivity index (χ3n) is 7.72. The van der Waals surface area contributed by atoms with Crippen LogP contribution < -0.4 is 19.5 Å². The van der Waals surface area contributed by atoms with E-state index in [1.54, 1.807) is 25.6 Å². The van der Waals surface area contributed by atoms with Gasteiger partial charge in [-0.15, -0.1) is 11.3 Å². The molecule has 1 atom stereocenters. The molecule has 8 heteroatoms. The zero-order valence-corrected chi connectivity index (χ0v) is 26.3. The average molecular weight is 590 g/mol. The van der Waals surface area contributed by atoms with Crippen LogP contribution in [0.2, 0.25) is 0 Å². The van der Waals surface area contributed by atoms with Crippen molar-refractivity contribution in [2.24, 2.45) is 5.92 Å². The molecule has 1 N–H and O–H groups in total. The second-order valence-corrected chi connectivity index (χ2v) is 11.4. The van der Waals surface area contributed by atoms with Gasteiger partial charge in [-0.1, -0.05) is 45.2 Å². The van der Waals surface area contributed by atoms with E-state index in [0.717, 1.165) is 65.1 Å². The van der Waals surface area contributed by atoms with Crippen LogP contribution in [0.5, 0.6) is 17.2 Å². The molecule has 4 aromatic rings. The SMILES string of the molecule is CCCCC(CC)CNC(=O)c1cc(-c2csc(COc3ccc(OC)cc3)n2)n(CCc2ccc(OC)cc2)c1C. The summed E-state index contributed by atoms with van der Waals surface area (Å²) in [6, 6.07) is 17.7. The number of rotatable bonds is 16. The molecule has 1 unspecified atom stereocenters. The van der Waals surface area contributed by atoms with Gasteiger partial charge in [0.1, 0.15) is 28.9 Å². The number of unbranched alkanes of at least 4 members (excludes halogenated alkanes) is 1. The molecule has 2 heterocycles. The molecule has 2 aromatic heterocycles. The Hall–Kier alpha value is -3.78. The van der Waals surface area contributed by atoms with Crippen molar-refractivity contribution in [2.45, 2.75) is 66.0 Å². The van der Waals surface area contributed by atoms with Crippen LogP contribution in [-0.4, -0.2) is 36.2 Å². The molecule has 7 nitrogen and oxygen atoms in total. The van der Waals surface area contributed by atoms with Crippen LogP contribution in [0, 0.1) is 12.8 Å². The highest BCUT2D eigenvalue weighted by molar-refractivity contribution is 7.09. The van der Waals surface area contributed by atoms with Gasteiger partial charge in [-0.3, -0.25) is 4.79 Å². The summed E-state index contributed by atoms with van der Waals surface area (Å²) in [5, 5.41) is 6.13. The van der Waals surface area contributed by atoms with E-state index in [2.05, 4.69) is 35.9 Å². The van der Waals surface area contributed by atoms with Crippen LogP contribution in [0.25, 0.3) is 11.4 Å². The summed E-state index contributed by atoms with van der Waals surface area (Å²) in [5.74, 6) is 2.86. The van der Waals surface area contributed by atoms with Gasteiger partial charge in [-0.05, 0) is 73.7 Å². The maximum absolute atomic E-state index is 13.4. The first-order valence-corrected chi connectivity index (χ1v) is 15.7. The Morgan fingerprint density at radius 2 is 1.67 bits per heavy atom. The van der Waals surface area contributed by atoms with E-state index >= 15 is 0 Å². The van der Waals surface area contributed by atoms with Crippen molar-refractivity contribution < 1.29 is 19.0 Å². The van der Waals surface area contributed by atoms with Gasteiger partial charge in [0.15, 0.2) is 0 Å². The fourth-order valence-corrected chi connectivity index (χ4v) is 5.70. The minimum atomic E-state index is -0.0230. The van der Waals surface area contributed by atoms with Gasteiger partial charge in [0.05, 0.1) is 31.2 Å². The summed E-state index contributed by atoms with van der Waals surface area (Å²) in [4.78, 5) is 18.3. The Balaban J connectivity index is 1.54. The fourth-order valence-electron chi connectivity index (χ4n) is 5.00. The van der Waals surface area contributed by atoms with Crippen molar-refractivity contribution in [2.75, 3.05) is 20.8 Å². The monoisotopic (exact) mass is 589 g/mol. The molecule has 1 amide bonds. The summed E-state index contributed by atoms with van der Waals surface area (Å²) in [6.07, 6.45) is 5.38. The van der Waals surface area contributed by atoms with Gasteiger partial charge in [0.2, 0.25) is 0 Å². The lowest BCUT2D eigenvalue weighted by Crippen LogP contribution is -2.29. The second-order valence-electron chi connectivity index (χ2n) is 10.5. The molecular weight excluding hydrogens is 546 g/mol. The summed E-state index contributed by atoms with van der Waals surface area (Å²) < 4.78 is 18.7. The number of aromatic nitrogens is 2. The van der Waals surface area contributed by atoms with Crippen molar-refractivity contribution in [3.63, 3.8) is 0 Å². The molecule has 0 fully saturated rings. The van der Waals surface area contributed by atoms with Crippen LogP contribution in [0.3, 0.4) is 0 Å². The molecule has 0 spiro atoms. The molecule has 0 radical (unpaired) electrons. The number of benzene rings is 2. The van der Waals surface area contributed by atoms with Crippen molar-refractivity contribution in [3.8, 4) is 28.6 Å². The smallest absolute Gasteiger partial charge is 0.253 e. The maximum Gasteiger partial charge on any atom is 0.253 e. The number of hydrogen-bond donors (Lipinski definition) is 1. The lowest BCUT2D eigenvalue weighted by Gasteiger charge is -2.15. The van der Waals surface area contributed by atoms with Gasteiger partial charge in [0, 0.05) is 24.2 Å². The van der Waals surface area contributed by atoms with Gasteiger partial charge in [0.25, 0.3) is 5.91 Å². The van der Waals surface area contributed by atoms with Crippen molar-refractivity contribution in [1.82, 2.24) is 14.9 Å². The number of thiazole rings is 1. The second kappa shape index (κ2) is 15.4. The van der Waals surface area contributed by atoms with Gasteiger partial charge in [-0.2, -0.15) is 0 Å². The Bertz CT molecular complexity index is 1410. The Morgan fingerprint density at radius 3 is 2.31 bits per heavy atom. The largest absolute Gasteiger partial charge is 0.497 e. The number of methoxy groups -OCH3 is 2. The first-order valence-electron chi connectivity index (χ1n) is 14.8. The molecule has 4 rings (SSSR count). The molecule has 2 aromatic carbocycles. The van der Waals surface area contributed by atoms with E-state index in [1.165, 1.54) is 18.4 Å². The average Bonchev–Trinajstić information content (AvgIpc) is 3.63. The molecular formula is C34H43N3O4S. The molecule has 0 saturated carbocycles. The Kier molecular flexibility index (Phi) is 11.5. The number of carbonyl (C=O) groups is 1. The number of amides is 1. The molecule has 0 aliphatic heterocycles. The van der Waals surface area contributed by atoms with E-state index in [1.807, 2.05) is 54.8 Å². The Morgan fingerprint density at radius 1 is 1.00 bits per heavy atom. The first kappa shape index (κ1) is 31.2. The highest BCUT2D eigenvalue weighted by atomic mass is 32.1. The molecule has 0 aliphatic carbocycles. The molecule has 42 heavy (non-hydrogen) atoms. The minimum absolute atomic E-state index is 0.0230. The van der Waals surface area contributed by atoms with Crippen LogP contribution in [0.4, 0.5) is 0 Å². The number of nitrogens with one attached hydrogen (secondary N) is 1. The molecule has 224 valence electrons.